The zero-order valence-corrected chi connectivity index (χ0v) is 4.76. The SMILES string of the molecule is N#CC1=CCC(C#N)N1. The molecule has 1 aliphatic rings. The first kappa shape index (κ1) is 5.65. The van der Waals surface area contributed by atoms with Gasteiger partial charge >= 0.3 is 0 Å². The van der Waals surface area contributed by atoms with E-state index >= 15 is 0 Å². The van der Waals surface area contributed by atoms with E-state index < -0.39 is 0 Å². The zero-order valence-electron chi connectivity index (χ0n) is 4.76. The standard InChI is InChI=1S/C6H5N3/c7-3-5-1-2-6(4-8)9-5/h1,6,9H,2H2. The highest BCUT2D eigenvalue weighted by Gasteiger charge is 2.12. The lowest BCUT2D eigenvalue weighted by Crippen LogP contribution is -2.19. The second kappa shape index (κ2) is 2.19. The van der Waals surface area contributed by atoms with Gasteiger partial charge in [0.25, 0.3) is 0 Å². The Morgan fingerprint density at radius 2 is 2.44 bits per heavy atom. The largest absolute Gasteiger partial charge is 0.361 e. The molecular formula is C6H5N3. The van der Waals surface area contributed by atoms with Gasteiger partial charge in [-0.3, -0.25) is 0 Å². The highest BCUT2D eigenvalue weighted by Crippen LogP contribution is 2.05. The lowest BCUT2D eigenvalue weighted by atomic mass is 10.3. The Labute approximate surface area is 53.2 Å². The molecular weight excluding hydrogens is 114 g/mol. The minimum atomic E-state index is -0.181. The van der Waals surface area contributed by atoms with Crippen LogP contribution in [0.5, 0.6) is 0 Å². The molecule has 0 aliphatic carbocycles. The first-order chi connectivity index (χ1) is 4.36. The van der Waals surface area contributed by atoms with Crippen molar-refractivity contribution in [1.29, 1.82) is 10.5 Å². The number of nitrogens with one attached hydrogen (secondary N) is 1. The maximum Gasteiger partial charge on any atom is 0.118 e. The smallest absolute Gasteiger partial charge is 0.118 e. The van der Waals surface area contributed by atoms with Gasteiger partial charge in [-0.15, -0.1) is 0 Å². The average molecular weight is 119 g/mol. The van der Waals surface area contributed by atoms with E-state index in [2.05, 4.69) is 5.32 Å². The summed E-state index contributed by atoms with van der Waals surface area (Å²) in [7, 11) is 0. The van der Waals surface area contributed by atoms with Crippen LogP contribution in [0.4, 0.5) is 0 Å². The fourth-order valence-electron chi connectivity index (χ4n) is 0.704. The molecule has 0 saturated heterocycles. The molecule has 1 heterocycles. The van der Waals surface area contributed by atoms with Crippen LogP contribution in [0, 0.1) is 22.7 Å². The van der Waals surface area contributed by atoms with Gasteiger partial charge in [0.2, 0.25) is 0 Å². The zero-order chi connectivity index (χ0) is 6.69. The van der Waals surface area contributed by atoms with E-state index in [1.54, 1.807) is 6.08 Å². The number of nitriles is 2. The van der Waals surface area contributed by atoms with Crippen molar-refractivity contribution in [1.82, 2.24) is 5.32 Å². The van der Waals surface area contributed by atoms with Crippen molar-refractivity contribution in [3.63, 3.8) is 0 Å². The van der Waals surface area contributed by atoms with E-state index in [0.717, 1.165) is 0 Å². The highest BCUT2D eigenvalue weighted by atomic mass is 14.9. The molecule has 0 saturated carbocycles. The minimum Gasteiger partial charge on any atom is -0.361 e. The lowest BCUT2D eigenvalue weighted by Gasteiger charge is -1.97. The Kier molecular flexibility index (Phi) is 1.38. The Balaban J connectivity index is 2.55. The summed E-state index contributed by atoms with van der Waals surface area (Å²) < 4.78 is 0. The molecule has 1 atom stereocenters. The summed E-state index contributed by atoms with van der Waals surface area (Å²) in [6, 6.07) is 3.76. The molecule has 0 fully saturated rings. The Morgan fingerprint density at radius 1 is 1.67 bits per heavy atom. The average Bonchev–Trinajstić information content (AvgIpc) is 2.34. The molecule has 3 heteroatoms. The van der Waals surface area contributed by atoms with E-state index in [0.29, 0.717) is 12.1 Å². The molecule has 0 amide bonds. The van der Waals surface area contributed by atoms with Crippen molar-refractivity contribution in [2.75, 3.05) is 0 Å². The van der Waals surface area contributed by atoms with Crippen LogP contribution in [0.2, 0.25) is 0 Å². The quantitative estimate of drug-likeness (QED) is 0.498. The third-order valence-corrected chi connectivity index (χ3v) is 1.16. The van der Waals surface area contributed by atoms with Crippen LogP contribution in [-0.4, -0.2) is 6.04 Å². The fourth-order valence-corrected chi connectivity index (χ4v) is 0.704. The van der Waals surface area contributed by atoms with Gasteiger partial charge in [-0.2, -0.15) is 10.5 Å². The van der Waals surface area contributed by atoms with Crippen molar-refractivity contribution in [2.24, 2.45) is 0 Å². The van der Waals surface area contributed by atoms with Crippen molar-refractivity contribution in [3.05, 3.63) is 11.8 Å². The summed E-state index contributed by atoms with van der Waals surface area (Å²) in [5.74, 6) is 0. The summed E-state index contributed by atoms with van der Waals surface area (Å²) in [6.07, 6.45) is 2.38. The minimum absolute atomic E-state index is 0.181. The van der Waals surface area contributed by atoms with E-state index in [4.69, 9.17) is 10.5 Å². The number of rotatable bonds is 0. The molecule has 1 unspecified atom stereocenters. The maximum absolute atomic E-state index is 8.32. The monoisotopic (exact) mass is 119 g/mol. The fraction of sp³-hybridized carbons (Fsp3) is 0.333. The van der Waals surface area contributed by atoms with E-state index in [-0.39, 0.29) is 6.04 Å². The van der Waals surface area contributed by atoms with Crippen molar-refractivity contribution in [3.8, 4) is 12.1 Å². The number of hydrogen-bond donors (Lipinski definition) is 1. The Morgan fingerprint density at radius 3 is 2.78 bits per heavy atom. The first-order valence-corrected chi connectivity index (χ1v) is 2.63. The van der Waals surface area contributed by atoms with Gasteiger partial charge in [0.1, 0.15) is 17.8 Å². The van der Waals surface area contributed by atoms with E-state index in [9.17, 15) is 0 Å². The van der Waals surface area contributed by atoms with Crippen molar-refractivity contribution in [2.45, 2.75) is 12.5 Å². The molecule has 1 N–H and O–H groups in total. The van der Waals surface area contributed by atoms with Crippen LogP contribution >= 0.6 is 0 Å². The summed E-state index contributed by atoms with van der Waals surface area (Å²) >= 11 is 0. The molecule has 0 aromatic rings. The molecule has 0 spiro atoms. The number of nitrogens with zero attached hydrogens (tertiary/aromatic N) is 2. The highest BCUT2D eigenvalue weighted by molar-refractivity contribution is 5.26. The van der Waals surface area contributed by atoms with Crippen molar-refractivity contribution >= 4 is 0 Å². The summed E-state index contributed by atoms with van der Waals surface area (Å²) in [5.41, 5.74) is 0.515. The second-order valence-corrected chi connectivity index (χ2v) is 1.79. The normalized spacial score (nSPS) is 23.3. The maximum atomic E-state index is 8.32. The van der Waals surface area contributed by atoms with Crippen LogP contribution in [-0.2, 0) is 0 Å². The predicted molar refractivity (Wildman–Crippen MR) is 30.8 cm³/mol. The predicted octanol–water partition coefficient (Wildman–Crippen LogP) is 0.279. The molecule has 1 aliphatic heterocycles. The van der Waals surface area contributed by atoms with Crippen LogP contribution in [0.15, 0.2) is 11.8 Å². The second-order valence-electron chi connectivity index (χ2n) is 1.79. The topological polar surface area (TPSA) is 59.6 Å². The number of hydrogen-bond acceptors (Lipinski definition) is 3. The summed E-state index contributed by atoms with van der Waals surface area (Å²) in [5, 5.41) is 19.3. The van der Waals surface area contributed by atoms with Crippen molar-refractivity contribution < 1.29 is 0 Å². The molecule has 44 valence electrons. The van der Waals surface area contributed by atoms with Gasteiger partial charge in [-0.05, 0) is 6.08 Å². The summed E-state index contributed by atoms with van der Waals surface area (Å²) in [4.78, 5) is 0. The van der Waals surface area contributed by atoms with Gasteiger partial charge in [0.15, 0.2) is 0 Å². The van der Waals surface area contributed by atoms with Gasteiger partial charge in [0.05, 0.1) is 6.07 Å². The lowest BCUT2D eigenvalue weighted by molar-refractivity contribution is 0.758. The first-order valence-electron chi connectivity index (χ1n) is 2.63. The van der Waals surface area contributed by atoms with Crippen LogP contribution < -0.4 is 5.32 Å². The van der Waals surface area contributed by atoms with Crippen LogP contribution in [0.3, 0.4) is 0 Å². The van der Waals surface area contributed by atoms with Gasteiger partial charge in [-0.1, -0.05) is 0 Å². The van der Waals surface area contributed by atoms with E-state index in [1.165, 1.54) is 0 Å². The third-order valence-electron chi connectivity index (χ3n) is 1.16. The molecule has 9 heavy (non-hydrogen) atoms. The molecule has 0 aromatic carbocycles. The molecule has 0 radical (unpaired) electrons. The van der Waals surface area contributed by atoms with Crippen LogP contribution in [0.1, 0.15) is 6.42 Å². The summed E-state index contributed by atoms with van der Waals surface area (Å²) in [6.45, 7) is 0. The van der Waals surface area contributed by atoms with Gasteiger partial charge < -0.3 is 5.32 Å². The Hall–Kier alpha value is -1.48. The molecule has 0 aromatic heterocycles. The van der Waals surface area contributed by atoms with Gasteiger partial charge in [0, 0.05) is 6.42 Å². The Bertz CT molecular complexity index is 215. The molecule has 1 rings (SSSR count). The molecule has 3 nitrogen and oxygen atoms in total. The third kappa shape index (κ3) is 1.00. The van der Waals surface area contributed by atoms with Gasteiger partial charge in [-0.25, -0.2) is 0 Å². The van der Waals surface area contributed by atoms with Crippen LogP contribution in [0.25, 0.3) is 0 Å². The molecule has 0 bridgehead atoms. The number of allylic oxidation sites excluding steroid dienone is 1. The van der Waals surface area contributed by atoms with E-state index in [1.807, 2.05) is 12.1 Å².